The minimum absolute atomic E-state index is 0.177. The lowest BCUT2D eigenvalue weighted by Crippen LogP contribution is -2.46. The molecule has 17 heavy (non-hydrogen) atoms. The molecule has 0 spiro atoms. The molecule has 2 heterocycles. The monoisotopic (exact) mass is 232 g/mol. The first-order valence-corrected chi connectivity index (χ1v) is 6.17. The quantitative estimate of drug-likeness (QED) is 0.785. The molecule has 1 aromatic rings. The highest BCUT2D eigenvalue weighted by molar-refractivity contribution is 6.07. The second-order valence-electron chi connectivity index (χ2n) is 5.42. The number of fused-ring (bicyclic) bond motifs is 1. The molecule has 1 amide bonds. The molecule has 0 unspecified atom stereocenters. The van der Waals surface area contributed by atoms with Gasteiger partial charge >= 0.3 is 0 Å². The van der Waals surface area contributed by atoms with Crippen LogP contribution in [0.4, 0.5) is 5.82 Å². The summed E-state index contributed by atoms with van der Waals surface area (Å²) in [5.41, 5.74) is 0.663. The zero-order valence-corrected chi connectivity index (χ0v) is 11.2. The summed E-state index contributed by atoms with van der Waals surface area (Å²) < 4.78 is 0. The highest BCUT2D eigenvalue weighted by Gasteiger charge is 2.54. The maximum Gasteiger partial charge on any atom is 0.239 e. The Labute approximate surface area is 103 Å². The van der Waals surface area contributed by atoms with E-state index in [-0.39, 0.29) is 17.7 Å². The summed E-state index contributed by atoms with van der Waals surface area (Å²) in [7, 11) is 1.82. The first-order valence-electron chi connectivity index (χ1n) is 6.17. The van der Waals surface area contributed by atoms with Crippen LogP contribution in [0.15, 0.2) is 18.3 Å². The Morgan fingerprint density at radius 1 is 1.24 bits per heavy atom. The third kappa shape index (κ3) is 1.34. The second kappa shape index (κ2) is 3.83. The molecule has 0 atom stereocenters. The third-order valence-corrected chi connectivity index (χ3v) is 4.03. The van der Waals surface area contributed by atoms with Gasteiger partial charge in [-0.1, -0.05) is 33.8 Å². The van der Waals surface area contributed by atoms with Crippen molar-refractivity contribution >= 4 is 11.7 Å². The first kappa shape index (κ1) is 12.1. The summed E-state index contributed by atoms with van der Waals surface area (Å²) in [6.45, 7) is 8.48. The predicted octanol–water partition coefficient (Wildman–Crippen LogP) is 2.61. The summed E-state index contributed by atoms with van der Waals surface area (Å²) in [6.07, 6.45) is 1.75. The fourth-order valence-electron chi connectivity index (χ4n) is 3.26. The predicted molar refractivity (Wildman–Crippen MR) is 69.0 cm³/mol. The van der Waals surface area contributed by atoms with Crippen molar-refractivity contribution in [3.05, 3.63) is 23.9 Å². The van der Waals surface area contributed by atoms with Crippen molar-refractivity contribution in [1.82, 2.24) is 4.98 Å². The average molecular weight is 232 g/mol. The molecule has 3 heteroatoms. The van der Waals surface area contributed by atoms with Crippen LogP contribution >= 0.6 is 0 Å². The van der Waals surface area contributed by atoms with Crippen molar-refractivity contribution in [3.63, 3.8) is 0 Å². The van der Waals surface area contributed by atoms with E-state index in [2.05, 4.69) is 32.7 Å². The van der Waals surface area contributed by atoms with Crippen molar-refractivity contribution in [1.29, 1.82) is 0 Å². The van der Waals surface area contributed by atoms with E-state index in [0.29, 0.717) is 0 Å². The van der Waals surface area contributed by atoms with Gasteiger partial charge in [0.1, 0.15) is 5.82 Å². The number of hydrogen-bond donors (Lipinski definition) is 0. The molecule has 0 N–H and O–H groups in total. The third-order valence-electron chi connectivity index (χ3n) is 4.03. The molecule has 0 radical (unpaired) electrons. The summed E-state index contributed by atoms with van der Waals surface area (Å²) in [4.78, 5) is 18.7. The van der Waals surface area contributed by atoms with Gasteiger partial charge in [-0.05, 0) is 17.9 Å². The molecule has 0 fully saturated rings. The van der Waals surface area contributed by atoms with Crippen LogP contribution in [0.3, 0.4) is 0 Å². The standard InChI is InChI=1S/C14H20N2O/c1-9(2)14(10(3)4)11-7-6-8-15-12(11)16(5)13(14)17/h6-10H,1-5H3. The topological polar surface area (TPSA) is 33.2 Å². The van der Waals surface area contributed by atoms with E-state index in [9.17, 15) is 4.79 Å². The SMILES string of the molecule is CC(C)C1(C(C)C)C(=O)N(C)c2ncccc21. The molecule has 0 aromatic carbocycles. The lowest BCUT2D eigenvalue weighted by atomic mass is 9.65. The van der Waals surface area contributed by atoms with E-state index in [4.69, 9.17) is 0 Å². The van der Waals surface area contributed by atoms with Gasteiger partial charge in [-0.25, -0.2) is 4.98 Å². The zero-order chi connectivity index (χ0) is 12.8. The molecule has 1 aromatic heterocycles. The lowest BCUT2D eigenvalue weighted by Gasteiger charge is -2.36. The van der Waals surface area contributed by atoms with Gasteiger partial charge in [-0.3, -0.25) is 9.69 Å². The number of anilines is 1. The molecule has 92 valence electrons. The van der Waals surface area contributed by atoms with Gasteiger partial charge in [0.15, 0.2) is 0 Å². The van der Waals surface area contributed by atoms with Gasteiger partial charge < -0.3 is 0 Å². The normalized spacial score (nSPS) is 18.1. The van der Waals surface area contributed by atoms with Crippen molar-refractivity contribution in [3.8, 4) is 0 Å². The molecule has 0 saturated heterocycles. The maximum absolute atomic E-state index is 12.7. The molecule has 0 aliphatic carbocycles. The number of amides is 1. The van der Waals surface area contributed by atoms with E-state index >= 15 is 0 Å². The zero-order valence-electron chi connectivity index (χ0n) is 11.2. The van der Waals surface area contributed by atoms with E-state index in [1.165, 1.54) is 0 Å². The van der Waals surface area contributed by atoms with Gasteiger partial charge in [0.2, 0.25) is 5.91 Å². The number of likely N-dealkylation sites (N-methyl/N-ethyl adjacent to an activating group) is 1. The Balaban J connectivity index is 2.73. The van der Waals surface area contributed by atoms with Crippen LogP contribution in [-0.2, 0) is 10.2 Å². The van der Waals surface area contributed by atoms with Gasteiger partial charge in [-0.15, -0.1) is 0 Å². The van der Waals surface area contributed by atoms with Crippen LogP contribution in [0.25, 0.3) is 0 Å². The highest BCUT2D eigenvalue weighted by Crippen LogP contribution is 2.49. The molecular formula is C14H20N2O. The van der Waals surface area contributed by atoms with Gasteiger partial charge in [0.25, 0.3) is 0 Å². The van der Waals surface area contributed by atoms with Crippen LogP contribution in [0.5, 0.6) is 0 Å². The number of aromatic nitrogens is 1. The summed E-state index contributed by atoms with van der Waals surface area (Å²) >= 11 is 0. The molecule has 3 nitrogen and oxygen atoms in total. The fourth-order valence-corrected chi connectivity index (χ4v) is 3.26. The summed E-state index contributed by atoms with van der Waals surface area (Å²) in [5, 5.41) is 0. The van der Waals surface area contributed by atoms with Crippen LogP contribution in [0.1, 0.15) is 33.3 Å². The molecule has 1 aliphatic rings. The molecular weight excluding hydrogens is 212 g/mol. The highest BCUT2D eigenvalue weighted by atomic mass is 16.2. The Morgan fingerprint density at radius 3 is 2.35 bits per heavy atom. The molecule has 0 bridgehead atoms. The molecule has 2 rings (SSSR count). The molecule has 1 aliphatic heterocycles. The van der Waals surface area contributed by atoms with Crippen molar-refractivity contribution in [2.24, 2.45) is 11.8 Å². The average Bonchev–Trinajstić information content (AvgIpc) is 2.50. The van der Waals surface area contributed by atoms with Gasteiger partial charge in [0.05, 0.1) is 5.41 Å². The first-order chi connectivity index (χ1) is 7.94. The lowest BCUT2D eigenvalue weighted by molar-refractivity contribution is -0.126. The minimum Gasteiger partial charge on any atom is -0.299 e. The Morgan fingerprint density at radius 2 is 1.82 bits per heavy atom. The Bertz CT molecular complexity index is 443. The second-order valence-corrected chi connectivity index (χ2v) is 5.42. The van der Waals surface area contributed by atoms with E-state index in [0.717, 1.165) is 11.4 Å². The number of carbonyl (C=O) groups is 1. The summed E-state index contributed by atoms with van der Waals surface area (Å²) in [5.74, 6) is 1.53. The number of carbonyl (C=O) groups excluding carboxylic acids is 1. The minimum atomic E-state index is -0.418. The largest absolute Gasteiger partial charge is 0.299 e. The number of pyridine rings is 1. The van der Waals surface area contributed by atoms with Crippen LogP contribution in [0.2, 0.25) is 0 Å². The smallest absolute Gasteiger partial charge is 0.239 e. The maximum atomic E-state index is 12.7. The number of nitrogens with zero attached hydrogens (tertiary/aromatic N) is 2. The van der Waals surface area contributed by atoms with Crippen LogP contribution < -0.4 is 4.90 Å². The Hall–Kier alpha value is -1.38. The summed E-state index contributed by atoms with van der Waals surface area (Å²) in [6, 6.07) is 3.97. The van der Waals surface area contributed by atoms with Crippen LogP contribution in [0, 0.1) is 11.8 Å². The van der Waals surface area contributed by atoms with Crippen molar-refractivity contribution in [2.45, 2.75) is 33.1 Å². The molecule has 0 saturated carbocycles. The van der Waals surface area contributed by atoms with Crippen molar-refractivity contribution in [2.75, 3.05) is 11.9 Å². The fraction of sp³-hybridized carbons (Fsp3) is 0.571. The van der Waals surface area contributed by atoms with Gasteiger partial charge in [0, 0.05) is 18.8 Å². The number of rotatable bonds is 2. The Kier molecular flexibility index (Phi) is 2.72. The van der Waals surface area contributed by atoms with E-state index < -0.39 is 5.41 Å². The van der Waals surface area contributed by atoms with E-state index in [1.54, 1.807) is 11.1 Å². The number of hydrogen-bond acceptors (Lipinski definition) is 2. The van der Waals surface area contributed by atoms with Crippen molar-refractivity contribution < 1.29 is 4.79 Å². The van der Waals surface area contributed by atoms with Gasteiger partial charge in [-0.2, -0.15) is 0 Å². The van der Waals surface area contributed by atoms with E-state index in [1.807, 2.05) is 19.2 Å². The van der Waals surface area contributed by atoms with Crippen LogP contribution in [-0.4, -0.2) is 17.9 Å².